The number of aromatic nitrogens is 2. The molecular formula is C25H25Cl3N4O2S. The van der Waals surface area contributed by atoms with Crippen molar-refractivity contribution in [2.24, 2.45) is 0 Å². The van der Waals surface area contributed by atoms with Gasteiger partial charge in [0.25, 0.3) is 0 Å². The van der Waals surface area contributed by atoms with Gasteiger partial charge in [0.2, 0.25) is 10.0 Å². The van der Waals surface area contributed by atoms with Gasteiger partial charge in [0.1, 0.15) is 0 Å². The fourth-order valence-electron chi connectivity index (χ4n) is 4.24. The molecule has 1 aliphatic heterocycles. The van der Waals surface area contributed by atoms with Gasteiger partial charge in [0.15, 0.2) is 0 Å². The lowest BCUT2D eigenvalue weighted by Crippen LogP contribution is -2.48. The van der Waals surface area contributed by atoms with E-state index in [0.29, 0.717) is 36.1 Å². The highest BCUT2D eigenvalue weighted by atomic mass is 35.5. The standard InChI is InChI=1S/C25H23ClN4O2S.2ClH/c26-23-3-1-21-16-24(4-2-20(21)15-23)33(31,32)30-13-11-29(12-14-30)18-22-17-28-10-7-25(22)19-5-8-27-9-6-19;;/h1-10,15-17H,11-14,18H2;2*1H. The van der Waals surface area contributed by atoms with E-state index in [1.165, 1.54) is 0 Å². The first-order chi connectivity index (χ1) is 16.0. The summed E-state index contributed by atoms with van der Waals surface area (Å²) in [5.74, 6) is 0. The van der Waals surface area contributed by atoms with E-state index in [9.17, 15) is 8.42 Å². The average Bonchev–Trinajstić information content (AvgIpc) is 2.85. The second-order valence-corrected chi connectivity index (χ2v) is 10.5. The zero-order valence-corrected chi connectivity index (χ0v) is 22.0. The molecule has 2 aromatic heterocycles. The first-order valence-electron chi connectivity index (χ1n) is 10.8. The molecule has 0 saturated carbocycles. The van der Waals surface area contributed by atoms with E-state index in [1.54, 1.807) is 41.1 Å². The van der Waals surface area contributed by atoms with Crippen molar-refractivity contribution in [3.8, 4) is 11.1 Å². The molecule has 0 unspecified atom stereocenters. The van der Waals surface area contributed by atoms with Gasteiger partial charge in [-0.05, 0) is 69.9 Å². The van der Waals surface area contributed by atoms with E-state index in [2.05, 4.69) is 14.9 Å². The topological polar surface area (TPSA) is 66.4 Å². The Bertz CT molecular complexity index is 1400. The molecule has 0 bridgehead atoms. The van der Waals surface area contributed by atoms with Gasteiger partial charge in [-0.25, -0.2) is 8.42 Å². The molecule has 0 N–H and O–H groups in total. The average molecular weight is 552 g/mol. The van der Waals surface area contributed by atoms with Crippen molar-refractivity contribution in [1.29, 1.82) is 0 Å². The molecule has 35 heavy (non-hydrogen) atoms. The van der Waals surface area contributed by atoms with Crippen LogP contribution >= 0.6 is 36.4 Å². The second-order valence-electron chi connectivity index (χ2n) is 8.10. The van der Waals surface area contributed by atoms with Gasteiger partial charge in [-0.2, -0.15) is 4.31 Å². The molecule has 1 aliphatic rings. The number of hydrogen-bond acceptors (Lipinski definition) is 5. The fraction of sp³-hybridized carbons (Fsp3) is 0.200. The maximum atomic E-state index is 13.3. The Hall–Kier alpha value is -2.26. The highest BCUT2D eigenvalue weighted by molar-refractivity contribution is 7.89. The molecule has 0 aliphatic carbocycles. The maximum absolute atomic E-state index is 13.3. The zero-order chi connectivity index (χ0) is 22.8. The molecule has 5 rings (SSSR count). The summed E-state index contributed by atoms with van der Waals surface area (Å²) in [6.07, 6.45) is 7.25. The molecule has 0 spiro atoms. The normalized spacial score (nSPS) is 14.8. The first kappa shape index (κ1) is 27.3. The van der Waals surface area contributed by atoms with Crippen molar-refractivity contribution in [2.75, 3.05) is 26.2 Å². The number of pyridine rings is 2. The van der Waals surface area contributed by atoms with Crippen LogP contribution in [-0.4, -0.2) is 53.8 Å². The summed E-state index contributed by atoms with van der Waals surface area (Å²) in [6.45, 7) is 2.94. The van der Waals surface area contributed by atoms with Gasteiger partial charge < -0.3 is 0 Å². The molecule has 0 amide bonds. The number of halogens is 3. The predicted molar refractivity (Wildman–Crippen MR) is 145 cm³/mol. The van der Waals surface area contributed by atoms with Gasteiger partial charge in [0.05, 0.1) is 4.90 Å². The number of fused-ring (bicyclic) bond motifs is 1. The molecule has 3 heterocycles. The molecular weight excluding hydrogens is 527 g/mol. The van der Waals surface area contributed by atoms with Gasteiger partial charge in [-0.1, -0.05) is 23.7 Å². The highest BCUT2D eigenvalue weighted by Crippen LogP contribution is 2.27. The van der Waals surface area contributed by atoms with E-state index >= 15 is 0 Å². The van der Waals surface area contributed by atoms with Crippen LogP contribution in [0.15, 0.2) is 84.3 Å². The summed E-state index contributed by atoms with van der Waals surface area (Å²) in [4.78, 5) is 11.0. The number of rotatable bonds is 5. The van der Waals surface area contributed by atoms with Crippen LogP contribution in [0.25, 0.3) is 21.9 Å². The van der Waals surface area contributed by atoms with Crippen molar-refractivity contribution >= 4 is 57.2 Å². The third-order valence-electron chi connectivity index (χ3n) is 6.03. The zero-order valence-electron chi connectivity index (χ0n) is 18.7. The van der Waals surface area contributed by atoms with Crippen LogP contribution in [0.3, 0.4) is 0 Å². The van der Waals surface area contributed by atoms with Crippen molar-refractivity contribution < 1.29 is 8.42 Å². The SMILES string of the molecule is Cl.Cl.O=S(=O)(c1ccc2cc(Cl)ccc2c1)N1CCN(Cc2cnccc2-c2ccncc2)CC1. The van der Waals surface area contributed by atoms with Crippen LogP contribution in [0.5, 0.6) is 0 Å². The maximum Gasteiger partial charge on any atom is 0.243 e. The lowest BCUT2D eigenvalue weighted by Gasteiger charge is -2.34. The highest BCUT2D eigenvalue weighted by Gasteiger charge is 2.29. The Balaban J connectivity index is 0.00000171. The number of nitrogens with zero attached hydrogens (tertiary/aromatic N) is 4. The summed E-state index contributed by atoms with van der Waals surface area (Å²) in [7, 11) is -3.56. The van der Waals surface area contributed by atoms with Gasteiger partial charge in [-0.3, -0.25) is 14.9 Å². The molecule has 2 aromatic carbocycles. The van der Waals surface area contributed by atoms with E-state index < -0.39 is 10.0 Å². The third kappa shape index (κ3) is 5.94. The molecule has 1 fully saturated rings. The fourth-order valence-corrected chi connectivity index (χ4v) is 5.88. The van der Waals surface area contributed by atoms with Crippen LogP contribution in [-0.2, 0) is 16.6 Å². The van der Waals surface area contributed by atoms with E-state index in [-0.39, 0.29) is 24.8 Å². The Morgan fingerprint density at radius 3 is 2.20 bits per heavy atom. The van der Waals surface area contributed by atoms with Crippen molar-refractivity contribution in [3.63, 3.8) is 0 Å². The molecule has 6 nitrogen and oxygen atoms in total. The van der Waals surface area contributed by atoms with E-state index in [1.807, 2.05) is 42.6 Å². The molecule has 4 aromatic rings. The molecule has 0 radical (unpaired) electrons. The Kier molecular flexibility index (Phi) is 9.10. The Morgan fingerprint density at radius 2 is 1.46 bits per heavy atom. The Labute approximate surface area is 222 Å². The largest absolute Gasteiger partial charge is 0.296 e. The number of benzene rings is 2. The smallest absolute Gasteiger partial charge is 0.243 e. The monoisotopic (exact) mass is 550 g/mol. The minimum atomic E-state index is -3.56. The van der Waals surface area contributed by atoms with E-state index in [0.717, 1.165) is 34.0 Å². The first-order valence-corrected chi connectivity index (χ1v) is 12.6. The van der Waals surface area contributed by atoms with E-state index in [4.69, 9.17) is 11.6 Å². The lowest BCUT2D eigenvalue weighted by molar-refractivity contribution is 0.181. The quantitative estimate of drug-likeness (QED) is 0.337. The second kappa shape index (κ2) is 11.6. The number of hydrogen-bond donors (Lipinski definition) is 0. The Morgan fingerprint density at radius 1 is 0.800 bits per heavy atom. The lowest BCUT2D eigenvalue weighted by atomic mass is 10.0. The van der Waals surface area contributed by atoms with Crippen LogP contribution in [0.4, 0.5) is 0 Å². The third-order valence-corrected chi connectivity index (χ3v) is 8.16. The summed E-state index contributed by atoms with van der Waals surface area (Å²) in [5, 5.41) is 2.42. The summed E-state index contributed by atoms with van der Waals surface area (Å²) < 4.78 is 28.1. The van der Waals surface area contributed by atoms with Crippen molar-refractivity contribution in [2.45, 2.75) is 11.4 Å². The predicted octanol–water partition coefficient (Wildman–Crippen LogP) is 5.30. The van der Waals surface area contributed by atoms with Crippen LogP contribution in [0.1, 0.15) is 5.56 Å². The van der Waals surface area contributed by atoms with Crippen LogP contribution < -0.4 is 0 Å². The summed E-state index contributed by atoms with van der Waals surface area (Å²) >= 11 is 6.05. The minimum absolute atomic E-state index is 0. The molecule has 0 atom stereocenters. The summed E-state index contributed by atoms with van der Waals surface area (Å²) in [6, 6.07) is 16.7. The molecule has 10 heteroatoms. The van der Waals surface area contributed by atoms with Crippen molar-refractivity contribution in [3.05, 3.63) is 90.0 Å². The minimum Gasteiger partial charge on any atom is -0.296 e. The van der Waals surface area contributed by atoms with Crippen molar-refractivity contribution in [1.82, 2.24) is 19.2 Å². The molecule has 1 saturated heterocycles. The van der Waals surface area contributed by atoms with Gasteiger partial charge in [-0.15, -0.1) is 24.8 Å². The van der Waals surface area contributed by atoms with Crippen LogP contribution in [0, 0.1) is 0 Å². The van der Waals surface area contributed by atoms with Crippen LogP contribution in [0.2, 0.25) is 5.02 Å². The number of piperazine rings is 1. The molecule has 184 valence electrons. The van der Waals surface area contributed by atoms with Gasteiger partial charge in [0, 0.05) is 62.5 Å². The van der Waals surface area contributed by atoms with Gasteiger partial charge >= 0.3 is 0 Å². The summed E-state index contributed by atoms with van der Waals surface area (Å²) in [5.41, 5.74) is 3.34. The number of sulfonamides is 1.